The summed E-state index contributed by atoms with van der Waals surface area (Å²) in [6.45, 7) is 5.88. The molecule has 0 radical (unpaired) electrons. The highest BCUT2D eigenvalue weighted by atomic mass is 16.5. The fourth-order valence-electron chi connectivity index (χ4n) is 4.82. The van der Waals surface area contributed by atoms with Gasteiger partial charge in [0.1, 0.15) is 41.6 Å². The molecule has 0 aliphatic carbocycles. The number of methoxy groups -OCH3 is 1. The minimum absolute atomic E-state index is 0.131. The van der Waals surface area contributed by atoms with Crippen molar-refractivity contribution in [1.29, 1.82) is 5.26 Å². The van der Waals surface area contributed by atoms with Crippen molar-refractivity contribution < 1.29 is 9.47 Å². The number of benzene rings is 1. The fourth-order valence-corrected chi connectivity index (χ4v) is 4.82. The third-order valence-corrected chi connectivity index (χ3v) is 7.16. The SMILES string of the molecule is COc1nc(Nc2cc(-c3ccc(OC4CCN(C)CC4)c(C#N)c3)ncn2)ccc1N1CCN(C)CC1. The van der Waals surface area contributed by atoms with E-state index in [0.717, 1.165) is 63.4 Å². The molecule has 2 aliphatic heterocycles. The first kappa shape index (κ1) is 25.7. The van der Waals surface area contributed by atoms with E-state index in [1.807, 2.05) is 36.4 Å². The second-order valence-corrected chi connectivity index (χ2v) is 9.87. The fraction of sp³-hybridized carbons (Fsp3) is 0.429. The van der Waals surface area contributed by atoms with Gasteiger partial charge in [-0.05, 0) is 57.3 Å². The number of pyridine rings is 1. The number of piperidine rings is 1. The number of likely N-dealkylation sites (N-methyl/N-ethyl adjacent to an activating group) is 1. The van der Waals surface area contributed by atoms with Gasteiger partial charge in [-0.3, -0.25) is 0 Å². The van der Waals surface area contributed by atoms with Gasteiger partial charge in [0.2, 0.25) is 5.88 Å². The van der Waals surface area contributed by atoms with E-state index >= 15 is 0 Å². The summed E-state index contributed by atoms with van der Waals surface area (Å²) in [4.78, 5) is 20.4. The number of nitrogens with zero attached hydrogens (tertiary/aromatic N) is 7. The molecule has 0 atom stereocenters. The van der Waals surface area contributed by atoms with Crippen LogP contribution in [0.25, 0.3) is 11.3 Å². The van der Waals surface area contributed by atoms with E-state index < -0.39 is 0 Å². The first-order valence-corrected chi connectivity index (χ1v) is 13.0. The molecule has 5 rings (SSSR count). The lowest BCUT2D eigenvalue weighted by molar-refractivity contribution is 0.114. The van der Waals surface area contributed by atoms with Gasteiger partial charge in [-0.1, -0.05) is 0 Å². The largest absolute Gasteiger partial charge is 0.489 e. The molecule has 2 aliphatic rings. The Bertz CT molecular complexity index is 1290. The Morgan fingerprint density at radius 1 is 0.921 bits per heavy atom. The van der Waals surface area contributed by atoms with Crippen LogP contribution in [-0.2, 0) is 0 Å². The second kappa shape index (κ2) is 11.6. The molecule has 2 fully saturated rings. The summed E-state index contributed by atoms with van der Waals surface area (Å²) < 4.78 is 11.8. The second-order valence-electron chi connectivity index (χ2n) is 9.87. The summed E-state index contributed by atoms with van der Waals surface area (Å²) in [6, 6.07) is 13.7. The maximum Gasteiger partial charge on any atom is 0.239 e. The summed E-state index contributed by atoms with van der Waals surface area (Å²) >= 11 is 0. The van der Waals surface area contributed by atoms with Gasteiger partial charge in [-0.2, -0.15) is 10.2 Å². The van der Waals surface area contributed by atoms with Gasteiger partial charge < -0.3 is 29.5 Å². The Morgan fingerprint density at radius 3 is 2.42 bits per heavy atom. The van der Waals surface area contributed by atoms with E-state index in [0.29, 0.717) is 34.5 Å². The summed E-state index contributed by atoms with van der Waals surface area (Å²) in [6.07, 6.45) is 3.55. The van der Waals surface area contributed by atoms with Crippen LogP contribution >= 0.6 is 0 Å². The molecule has 2 saturated heterocycles. The number of piperazine rings is 1. The molecule has 0 bridgehead atoms. The molecule has 4 heterocycles. The van der Waals surface area contributed by atoms with Crippen molar-refractivity contribution in [3.8, 4) is 29.0 Å². The Balaban J connectivity index is 1.31. The summed E-state index contributed by atoms with van der Waals surface area (Å²) in [5.41, 5.74) is 3.01. The molecular formula is C28H34N8O2. The minimum atomic E-state index is 0.131. The van der Waals surface area contributed by atoms with Gasteiger partial charge in [0.05, 0.1) is 18.4 Å². The van der Waals surface area contributed by atoms with Crippen molar-refractivity contribution in [2.24, 2.45) is 0 Å². The summed E-state index contributed by atoms with van der Waals surface area (Å²) in [7, 11) is 5.89. The van der Waals surface area contributed by atoms with Crippen LogP contribution in [0.3, 0.4) is 0 Å². The average molecular weight is 515 g/mol. The van der Waals surface area contributed by atoms with Crippen LogP contribution in [0.15, 0.2) is 42.7 Å². The number of hydrogen-bond acceptors (Lipinski definition) is 10. The first-order chi connectivity index (χ1) is 18.5. The summed E-state index contributed by atoms with van der Waals surface area (Å²) in [5.74, 6) is 2.42. The molecule has 38 heavy (non-hydrogen) atoms. The Hall–Kier alpha value is -3.94. The molecular weight excluding hydrogens is 480 g/mol. The number of rotatable bonds is 7. The standard InChI is InChI=1S/C28H34N8O2/c1-34-10-8-22(9-11-34)38-25-6-4-20(16-21(25)18-29)23-17-27(31-19-30-23)32-26-7-5-24(28(33-26)37-3)36-14-12-35(2)13-15-36/h4-7,16-17,19,22H,8-15H2,1-3H3,(H,30,31,32,33). The van der Waals surface area contributed by atoms with E-state index in [2.05, 4.69) is 55.1 Å². The van der Waals surface area contributed by atoms with Crippen LogP contribution < -0.4 is 19.7 Å². The smallest absolute Gasteiger partial charge is 0.239 e. The van der Waals surface area contributed by atoms with Gasteiger partial charge in [0.15, 0.2) is 0 Å². The van der Waals surface area contributed by atoms with Crippen LogP contribution in [0.1, 0.15) is 18.4 Å². The zero-order chi connectivity index (χ0) is 26.5. The minimum Gasteiger partial charge on any atom is -0.489 e. The average Bonchev–Trinajstić information content (AvgIpc) is 2.95. The van der Waals surface area contributed by atoms with Crippen LogP contribution in [0.5, 0.6) is 11.6 Å². The molecule has 2 aromatic heterocycles. The molecule has 1 aromatic carbocycles. The Morgan fingerprint density at radius 2 is 1.68 bits per heavy atom. The molecule has 0 unspecified atom stereocenters. The molecule has 10 nitrogen and oxygen atoms in total. The Kier molecular flexibility index (Phi) is 7.86. The van der Waals surface area contributed by atoms with Gasteiger partial charge in [-0.15, -0.1) is 0 Å². The van der Waals surface area contributed by atoms with Crippen LogP contribution in [0.4, 0.5) is 17.3 Å². The maximum absolute atomic E-state index is 9.78. The number of nitrogens with one attached hydrogen (secondary N) is 1. The van der Waals surface area contributed by atoms with Crippen molar-refractivity contribution in [3.63, 3.8) is 0 Å². The van der Waals surface area contributed by atoms with Crippen molar-refractivity contribution >= 4 is 17.3 Å². The predicted octanol–water partition coefficient (Wildman–Crippen LogP) is 3.39. The summed E-state index contributed by atoms with van der Waals surface area (Å²) in [5, 5.41) is 13.0. The van der Waals surface area contributed by atoms with Crippen LogP contribution in [0, 0.1) is 11.3 Å². The molecule has 1 N–H and O–H groups in total. The van der Waals surface area contributed by atoms with E-state index in [1.54, 1.807) is 7.11 Å². The quantitative estimate of drug-likeness (QED) is 0.505. The van der Waals surface area contributed by atoms with E-state index in [-0.39, 0.29) is 6.10 Å². The molecule has 198 valence electrons. The number of hydrogen-bond donors (Lipinski definition) is 1. The third kappa shape index (κ3) is 5.96. The molecule has 10 heteroatoms. The van der Waals surface area contributed by atoms with E-state index in [1.165, 1.54) is 6.33 Å². The number of likely N-dealkylation sites (tertiary alicyclic amines) is 1. The van der Waals surface area contributed by atoms with Crippen LogP contribution in [0.2, 0.25) is 0 Å². The highest BCUT2D eigenvalue weighted by molar-refractivity contribution is 5.68. The zero-order valence-electron chi connectivity index (χ0n) is 22.2. The van der Waals surface area contributed by atoms with Gasteiger partial charge in [0.25, 0.3) is 0 Å². The highest BCUT2D eigenvalue weighted by Gasteiger charge is 2.21. The zero-order valence-corrected chi connectivity index (χ0v) is 22.2. The number of anilines is 3. The first-order valence-electron chi connectivity index (χ1n) is 13.0. The Labute approximate surface area is 223 Å². The molecule has 0 amide bonds. The van der Waals surface area contributed by atoms with Gasteiger partial charge >= 0.3 is 0 Å². The lowest BCUT2D eigenvalue weighted by Crippen LogP contribution is -2.44. The molecule has 3 aromatic rings. The lowest BCUT2D eigenvalue weighted by atomic mass is 10.1. The van der Waals surface area contributed by atoms with E-state index in [4.69, 9.17) is 9.47 Å². The topological polar surface area (TPSA) is 103 Å². The normalized spacial score (nSPS) is 17.2. The number of aromatic nitrogens is 3. The molecule has 0 saturated carbocycles. The van der Waals surface area contributed by atoms with Gasteiger partial charge in [-0.25, -0.2) is 9.97 Å². The number of nitriles is 1. The third-order valence-electron chi connectivity index (χ3n) is 7.16. The van der Waals surface area contributed by atoms with E-state index in [9.17, 15) is 5.26 Å². The van der Waals surface area contributed by atoms with Crippen molar-refractivity contribution in [2.45, 2.75) is 18.9 Å². The van der Waals surface area contributed by atoms with Crippen LogP contribution in [-0.4, -0.2) is 91.3 Å². The highest BCUT2D eigenvalue weighted by Crippen LogP contribution is 2.31. The molecule has 0 spiro atoms. The van der Waals surface area contributed by atoms with Gasteiger partial charge in [0, 0.05) is 50.9 Å². The monoisotopic (exact) mass is 514 g/mol. The maximum atomic E-state index is 9.78. The predicted molar refractivity (Wildman–Crippen MR) is 147 cm³/mol. The van der Waals surface area contributed by atoms with Crippen molar-refractivity contribution in [1.82, 2.24) is 24.8 Å². The number of ether oxygens (including phenoxy) is 2. The van der Waals surface area contributed by atoms with Crippen molar-refractivity contribution in [3.05, 3.63) is 48.3 Å². The van der Waals surface area contributed by atoms with Crippen molar-refractivity contribution in [2.75, 3.05) is 70.7 Å². The lowest BCUT2D eigenvalue weighted by Gasteiger charge is -2.34.